The number of primary amides is 1. The lowest BCUT2D eigenvalue weighted by Gasteiger charge is -2.26. The Hall–Kier alpha value is -3.40. The van der Waals surface area contributed by atoms with Crippen molar-refractivity contribution in [1.82, 2.24) is 4.90 Å². The highest BCUT2D eigenvalue weighted by Gasteiger charge is 2.22. The predicted molar refractivity (Wildman–Crippen MR) is 115 cm³/mol. The maximum absolute atomic E-state index is 13.3. The Labute approximate surface area is 172 Å². The van der Waals surface area contributed by atoms with Gasteiger partial charge in [-0.3, -0.25) is 9.59 Å². The van der Waals surface area contributed by atoms with Gasteiger partial charge in [-0.05, 0) is 16.7 Å². The van der Waals surface area contributed by atoms with Crippen LogP contribution < -0.4 is 5.73 Å². The molecule has 2 amide bonds. The minimum atomic E-state index is -0.404. The van der Waals surface area contributed by atoms with E-state index >= 15 is 0 Å². The van der Waals surface area contributed by atoms with Crippen LogP contribution in [0.1, 0.15) is 35.4 Å². The lowest BCUT2D eigenvalue weighted by atomic mass is 9.88. The molecule has 3 rings (SSSR count). The summed E-state index contributed by atoms with van der Waals surface area (Å²) in [6.45, 7) is 0.780. The third-order valence-corrected chi connectivity index (χ3v) is 4.98. The summed E-state index contributed by atoms with van der Waals surface area (Å²) in [7, 11) is 0. The predicted octanol–water partition coefficient (Wildman–Crippen LogP) is 4.11. The molecule has 0 aliphatic rings. The molecule has 0 heterocycles. The van der Waals surface area contributed by atoms with E-state index in [1.54, 1.807) is 4.90 Å². The van der Waals surface area contributed by atoms with E-state index in [9.17, 15) is 9.59 Å². The van der Waals surface area contributed by atoms with E-state index in [4.69, 9.17) is 5.73 Å². The molecule has 2 N–H and O–H groups in total. The summed E-state index contributed by atoms with van der Waals surface area (Å²) in [5, 5.41) is 0. The standard InChI is InChI=1S/C25H26N2O2/c26-24(28)16-17-27(19-20-10-4-1-5-11-20)25(29)18-23(21-12-6-2-7-13-21)22-14-8-3-9-15-22/h1-15,23H,16-19H2,(H2,26,28). The lowest BCUT2D eigenvalue weighted by molar-refractivity contribution is -0.132. The second kappa shape index (κ2) is 10.2. The first-order valence-corrected chi connectivity index (χ1v) is 9.83. The van der Waals surface area contributed by atoms with Crippen LogP contribution in [0.25, 0.3) is 0 Å². The molecule has 0 saturated heterocycles. The van der Waals surface area contributed by atoms with Gasteiger partial charge in [-0.1, -0.05) is 91.0 Å². The molecule has 4 heteroatoms. The van der Waals surface area contributed by atoms with Gasteiger partial charge in [0.05, 0.1) is 0 Å². The second-order valence-corrected chi connectivity index (χ2v) is 7.10. The van der Waals surface area contributed by atoms with Gasteiger partial charge in [0.25, 0.3) is 0 Å². The molecular formula is C25H26N2O2. The molecule has 0 fully saturated rings. The Morgan fingerprint density at radius 2 is 1.24 bits per heavy atom. The van der Waals surface area contributed by atoms with Crippen LogP contribution in [0.3, 0.4) is 0 Å². The fourth-order valence-electron chi connectivity index (χ4n) is 3.44. The molecule has 0 unspecified atom stereocenters. The highest BCUT2D eigenvalue weighted by Crippen LogP contribution is 2.29. The van der Waals surface area contributed by atoms with Crippen molar-refractivity contribution < 1.29 is 9.59 Å². The Morgan fingerprint density at radius 1 is 0.759 bits per heavy atom. The van der Waals surface area contributed by atoms with E-state index in [2.05, 4.69) is 24.3 Å². The first-order chi connectivity index (χ1) is 14.1. The van der Waals surface area contributed by atoms with Crippen molar-refractivity contribution in [3.63, 3.8) is 0 Å². The van der Waals surface area contributed by atoms with E-state index in [1.807, 2.05) is 66.7 Å². The Morgan fingerprint density at radius 3 is 1.72 bits per heavy atom. The fraction of sp³-hybridized carbons (Fsp3) is 0.200. The van der Waals surface area contributed by atoms with Crippen LogP contribution in [0.15, 0.2) is 91.0 Å². The van der Waals surface area contributed by atoms with Gasteiger partial charge < -0.3 is 10.6 Å². The van der Waals surface area contributed by atoms with E-state index < -0.39 is 5.91 Å². The molecule has 0 aliphatic heterocycles. The summed E-state index contributed by atoms with van der Waals surface area (Å²) < 4.78 is 0. The van der Waals surface area contributed by atoms with Gasteiger partial charge in [-0.15, -0.1) is 0 Å². The first kappa shape index (κ1) is 20.3. The highest BCUT2D eigenvalue weighted by molar-refractivity contribution is 5.79. The lowest BCUT2D eigenvalue weighted by Crippen LogP contribution is -2.34. The molecule has 4 nitrogen and oxygen atoms in total. The number of rotatable bonds is 9. The second-order valence-electron chi connectivity index (χ2n) is 7.10. The van der Waals surface area contributed by atoms with Crippen LogP contribution in [0.5, 0.6) is 0 Å². The van der Waals surface area contributed by atoms with Crippen LogP contribution in [0.2, 0.25) is 0 Å². The van der Waals surface area contributed by atoms with E-state index in [0.717, 1.165) is 16.7 Å². The molecular weight excluding hydrogens is 360 g/mol. The van der Waals surface area contributed by atoms with Gasteiger partial charge in [-0.25, -0.2) is 0 Å². The van der Waals surface area contributed by atoms with Crippen LogP contribution >= 0.6 is 0 Å². The monoisotopic (exact) mass is 386 g/mol. The number of benzene rings is 3. The van der Waals surface area contributed by atoms with Gasteiger partial charge in [0, 0.05) is 31.8 Å². The summed E-state index contributed by atoms with van der Waals surface area (Å²) in [5.41, 5.74) is 8.57. The van der Waals surface area contributed by atoms with Gasteiger partial charge in [0.1, 0.15) is 0 Å². The molecule has 3 aromatic carbocycles. The number of amides is 2. The van der Waals surface area contributed by atoms with Crippen molar-refractivity contribution in [2.45, 2.75) is 25.3 Å². The zero-order valence-electron chi connectivity index (χ0n) is 16.4. The van der Waals surface area contributed by atoms with Crippen molar-refractivity contribution in [3.05, 3.63) is 108 Å². The molecule has 148 valence electrons. The largest absolute Gasteiger partial charge is 0.370 e. The van der Waals surface area contributed by atoms with Crippen LogP contribution in [0.4, 0.5) is 0 Å². The van der Waals surface area contributed by atoms with Crippen molar-refractivity contribution in [1.29, 1.82) is 0 Å². The number of carbonyl (C=O) groups is 2. The van der Waals surface area contributed by atoms with Crippen molar-refractivity contribution in [3.8, 4) is 0 Å². The van der Waals surface area contributed by atoms with E-state index in [1.165, 1.54) is 0 Å². The molecule has 29 heavy (non-hydrogen) atoms. The summed E-state index contributed by atoms with van der Waals surface area (Å²) in [5.74, 6) is -0.442. The molecule has 0 bridgehead atoms. The van der Waals surface area contributed by atoms with Gasteiger partial charge in [0.15, 0.2) is 0 Å². The SMILES string of the molecule is NC(=O)CCN(Cc1ccccc1)C(=O)CC(c1ccccc1)c1ccccc1. The molecule has 0 saturated carbocycles. The maximum Gasteiger partial charge on any atom is 0.223 e. The van der Waals surface area contributed by atoms with Gasteiger partial charge in [0.2, 0.25) is 11.8 Å². The Kier molecular flexibility index (Phi) is 7.17. The van der Waals surface area contributed by atoms with Crippen molar-refractivity contribution in [2.75, 3.05) is 6.54 Å². The summed E-state index contributed by atoms with van der Waals surface area (Å²) in [6.07, 6.45) is 0.486. The number of nitrogens with two attached hydrogens (primary N) is 1. The highest BCUT2D eigenvalue weighted by atomic mass is 16.2. The number of hydrogen-bond acceptors (Lipinski definition) is 2. The molecule has 0 radical (unpaired) electrons. The molecule has 0 aromatic heterocycles. The number of hydrogen-bond donors (Lipinski definition) is 1. The zero-order chi connectivity index (χ0) is 20.5. The van der Waals surface area contributed by atoms with Gasteiger partial charge >= 0.3 is 0 Å². The average Bonchev–Trinajstić information content (AvgIpc) is 2.76. The average molecular weight is 386 g/mol. The smallest absolute Gasteiger partial charge is 0.223 e. The topological polar surface area (TPSA) is 63.4 Å². The first-order valence-electron chi connectivity index (χ1n) is 9.83. The molecule has 0 spiro atoms. The van der Waals surface area contributed by atoms with Crippen LogP contribution in [-0.2, 0) is 16.1 Å². The third kappa shape index (κ3) is 6.04. The summed E-state index contributed by atoms with van der Waals surface area (Å²) in [6, 6.07) is 29.9. The summed E-state index contributed by atoms with van der Waals surface area (Å²) in [4.78, 5) is 26.4. The summed E-state index contributed by atoms with van der Waals surface area (Å²) >= 11 is 0. The molecule has 0 aliphatic carbocycles. The quantitative estimate of drug-likeness (QED) is 0.601. The minimum Gasteiger partial charge on any atom is -0.370 e. The van der Waals surface area contributed by atoms with Crippen molar-refractivity contribution in [2.24, 2.45) is 5.73 Å². The third-order valence-electron chi connectivity index (χ3n) is 4.98. The van der Waals surface area contributed by atoms with E-state index in [-0.39, 0.29) is 18.2 Å². The molecule has 3 aromatic rings. The van der Waals surface area contributed by atoms with Crippen molar-refractivity contribution >= 4 is 11.8 Å². The number of carbonyl (C=O) groups excluding carboxylic acids is 2. The van der Waals surface area contributed by atoms with E-state index in [0.29, 0.717) is 19.5 Å². The Bertz CT molecular complexity index is 872. The van der Waals surface area contributed by atoms with Gasteiger partial charge in [-0.2, -0.15) is 0 Å². The molecule has 0 atom stereocenters. The minimum absolute atomic E-state index is 0.00723. The fourth-order valence-corrected chi connectivity index (χ4v) is 3.44. The van der Waals surface area contributed by atoms with Crippen LogP contribution in [0, 0.1) is 0 Å². The Balaban J connectivity index is 1.83. The number of nitrogens with zero attached hydrogens (tertiary/aromatic N) is 1. The zero-order valence-corrected chi connectivity index (χ0v) is 16.4. The normalized spacial score (nSPS) is 10.7. The maximum atomic E-state index is 13.3. The van der Waals surface area contributed by atoms with Crippen LogP contribution in [-0.4, -0.2) is 23.3 Å².